The number of carboxylic acids is 1. The number of aromatic nitrogens is 2. The maximum Gasteiger partial charge on any atom is 0.317 e. The van der Waals surface area contributed by atoms with Crippen LogP contribution in [0.15, 0.2) is 71.8 Å². The van der Waals surface area contributed by atoms with Gasteiger partial charge in [-0.1, -0.05) is 48.7 Å². The molecule has 182 valence electrons. The number of carboxylic acid groups (broad SMARTS) is 1. The van der Waals surface area contributed by atoms with Gasteiger partial charge < -0.3 is 14.4 Å². The summed E-state index contributed by atoms with van der Waals surface area (Å²) in [5.41, 5.74) is 7.71. The molecule has 3 rings (SSSR count). The Morgan fingerprint density at radius 1 is 1.14 bits per heavy atom. The average Bonchev–Trinajstić information content (AvgIpc) is 3.31. The molecule has 0 radical (unpaired) electrons. The van der Waals surface area contributed by atoms with Crippen LogP contribution in [0.2, 0.25) is 0 Å². The maximum absolute atomic E-state index is 10.9. The summed E-state index contributed by atoms with van der Waals surface area (Å²) < 4.78 is 11.0. The highest BCUT2D eigenvalue weighted by molar-refractivity contribution is 5.80. The van der Waals surface area contributed by atoms with Crippen molar-refractivity contribution in [2.45, 2.75) is 27.0 Å². The zero-order chi connectivity index (χ0) is 25.5. The number of likely N-dealkylation sites (N-methyl/N-ethyl adjacent to an activating group) is 1. The number of rotatable bonds is 11. The Bertz CT molecular complexity index is 1270. The molecule has 0 aliphatic heterocycles. The second-order valence-electron chi connectivity index (χ2n) is 8.44. The Kier molecular flexibility index (Phi) is 8.52. The Morgan fingerprint density at radius 2 is 1.89 bits per heavy atom. The number of hydrogen-bond donors (Lipinski definition) is 1. The monoisotopic (exact) mass is 473 g/mol. The first-order valence-electron chi connectivity index (χ1n) is 11.2. The summed E-state index contributed by atoms with van der Waals surface area (Å²) in [4.78, 5) is 17.3. The number of carbonyl (C=O) groups is 1. The van der Waals surface area contributed by atoms with Crippen LogP contribution in [-0.4, -0.2) is 46.8 Å². The lowest BCUT2D eigenvalue weighted by atomic mass is 9.94. The largest absolute Gasteiger partial charge is 0.480 e. The molecule has 0 amide bonds. The average molecular weight is 474 g/mol. The van der Waals surface area contributed by atoms with Gasteiger partial charge in [0.25, 0.3) is 5.89 Å². The van der Waals surface area contributed by atoms with E-state index in [2.05, 4.69) is 23.3 Å². The van der Waals surface area contributed by atoms with Crippen molar-refractivity contribution in [3.8, 4) is 22.8 Å². The number of benzene rings is 2. The van der Waals surface area contributed by atoms with Gasteiger partial charge in [0, 0.05) is 24.8 Å². The second-order valence-corrected chi connectivity index (χ2v) is 8.44. The minimum atomic E-state index is -0.852. The normalized spacial score (nSPS) is 11.9. The summed E-state index contributed by atoms with van der Waals surface area (Å²) in [7, 11) is 3.44. The van der Waals surface area contributed by atoms with Crippen LogP contribution in [0.5, 0.6) is 0 Å². The minimum Gasteiger partial charge on any atom is -0.480 e. The van der Waals surface area contributed by atoms with Crippen molar-refractivity contribution in [2.75, 3.05) is 20.7 Å². The Hall–Kier alpha value is -3.81. The summed E-state index contributed by atoms with van der Waals surface area (Å²) in [5, 5.41) is 13.2. The lowest BCUT2D eigenvalue weighted by molar-refractivity contribution is -0.138. The van der Waals surface area contributed by atoms with Crippen molar-refractivity contribution in [1.82, 2.24) is 15.0 Å². The number of hydrogen-bond acceptors (Lipinski definition) is 6. The predicted octanol–water partition coefficient (Wildman–Crippen LogP) is 5.52. The van der Waals surface area contributed by atoms with Gasteiger partial charge in [0.15, 0.2) is 0 Å². The third-order valence-corrected chi connectivity index (χ3v) is 5.75. The van der Waals surface area contributed by atoms with Crippen LogP contribution >= 0.6 is 0 Å². The van der Waals surface area contributed by atoms with Crippen molar-refractivity contribution >= 4 is 11.5 Å². The number of aryl methyl sites for hydroxylation is 1. The van der Waals surface area contributed by atoms with Crippen molar-refractivity contribution in [3.63, 3.8) is 0 Å². The van der Waals surface area contributed by atoms with Gasteiger partial charge in [0.2, 0.25) is 5.82 Å². The predicted molar refractivity (Wildman–Crippen MR) is 138 cm³/mol. The van der Waals surface area contributed by atoms with E-state index in [0.717, 1.165) is 44.5 Å². The van der Waals surface area contributed by atoms with E-state index in [0.29, 0.717) is 24.9 Å². The molecular formula is C28H31N3O4. The van der Waals surface area contributed by atoms with E-state index in [9.17, 15) is 4.79 Å². The fourth-order valence-electron chi connectivity index (χ4n) is 3.91. The van der Waals surface area contributed by atoms with E-state index in [-0.39, 0.29) is 6.54 Å². The van der Waals surface area contributed by atoms with Crippen molar-refractivity contribution < 1.29 is 19.2 Å². The highest BCUT2D eigenvalue weighted by Gasteiger charge is 2.16. The van der Waals surface area contributed by atoms with Crippen LogP contribution in [0.4, 0.5) is 0 Å². The van der Waals surface area contributed by atoms with Gasteiger partial charge in [-0.25, -0.2) is 0 Å². The molecule has 0 saturated heterocycles. The van der Waals surface area contributed by atoms with Gasteiger partial charge in [0.05, 0.1) is 13.2 Å². The van der Waals surface area contributed by atoms with E-state index in [1.54, 1.807) is 19.1 Å². The van der Waals surface area contributed by atoms with Crippen molar-refractivity contribution in [1.29, 1.82) is 0 Å². The Morgan fingerprint density at radius 3 is 2.51 bits per heavy atom. The molecule has 1 heterocycles. The Balaban J connectivity index is 1.90. The van der Waals surface area contributed by atoms with Crippen LogP contribution in [0, 0.1) is 6.92 Å². The quantitative estimate of drug-likeness (QED) is 0.367. The molecule has 0 fully saturated rings. The SMILES string of the molecule is C=C/C(C)=C(\C=C)c1ccc(-c2nc(-c3ccc(CN(C)CC(=O)O)c(C)c3)no2)cc1COC. The summed E-state index contributed by atoms with van der Waals surface area (Å²) >= 11 is 0. The number of aliphatic carboxylic acids is 1. The molecular weight excluding hydrogens is 442 g/mol. The van der Waals surface area contributed by atoms with Crippen LogP contribution in [0.3, 0.4) is 0 Å². The third-order valence-electron chi connectivity index (χ3n) is 5.75. The highest BCUT2D eigenvalue weighted by Crippen LogP contribution is 2.30. The number of methoxy groups -OCH3 is 1. The summed E-state index contributed by atoms with van der Waals surface area (Å²) in [6.07, 6.45) is 3.63. The van der Waals surface area contributed by atoms with Gasteiger partial charge >= 0.3 is 5.97 Å². The van der Waals surface area contributed by atoms with Crippen LogP contribution in [0.1, 0.15) is 29.2 Å². The highest BCUT2D eigenvalue weighted by atomic mass is 16.5. The maximum atomic E-state index is 10.9. The summed E-state index contributed by atoms with van der Waals surface area (Å²) in [5.74, 6) is 0.0480. The molecule has 0 unspecified atom stereocenters. The molecule has 0 saturated carbocycles. The molecule has 7 heteroatoms. The third kappa shape index (κ3) is 6.20. The van der Waals surface area contributed by atoms with E-state index >= 15 is 0 Å². The topological polar surface area (TPSA) is 88.7 Å². The van der Waals surface area contributed by atoms with E-state index < -0.39 is 5.97 Å². The number of ether oxygens (including phenoxy) is 1. The van der Waals surface area contributed by atoms with Crippen molar-refractivity contribution in [3.05, 3.63) is 89.5 Å². The smallest absolute Gasteiger partial charge is 0.317 e. The van der Waals surface area contributed by atoms with Gasteiger partial charge in [0.1, 0.15) is 0 Å². The lowest BCUT2D eigenvalue weighted by Crippen LogP contribution is -2.25. The first kappa shape index (κ1) is 25.8. The second kappa shape index (κ2) is 11.6. The van der Waals surface area contributed by atoms with Crippen LogP contribution < -0.4 is 0 Å². The molecule has 0 bridgehead atoms. The summed E-state index contributed by atoms with van der Waals surface area (Å²) in [6, 6.07) is 11.8. The van der Waals surface area contributed by atoms with Gasteiger partial charge in [-0.15, -0.1) is 0 Å². The number of allylic oxidation sites excluding steroid dienone is 4. The van der Waals surface area contributed by atoms with E-state index in [4.69, 9.17) is 14.4 Å². The van der Waals surface area contributed by atoms with Gasteiger partial charge in [-0.05, 0) is 72.5 Å². The Labute approximate surface area is 206 Å². The summed E-state index contributed by atoms with van der Waals surface area (Å²) in [6.45, 7) is 12.7. The first-order valence-corrected chi connectivity index (χ1v) is 11.2. The van der Waals surface area contributed by atoms with Crippen LogP contribution in [-0.2, 0) is 22.7 Å². The molecule has 35 heavy (non-hydrogen) atoms. The number of nitrogens with zero attached hydrogens (tertiary/aromatic N) is 3. The molecule has 3 aromatic rings. The fraction of sp³-hybridized carbons (Fsp3) is 0.250. The molecule has 2 aromatic carbocycles. The zero-order valence-corrected chi connectivity index (χ0v) is 20.7. The fourth-order valence-corrected chi connectivity index (χ4v) is 3.91. The zero-order valence-electron chi connectivity index (χ0n) is 20.7. The molecule has 0 atom stereocenters. The molecule has 1 aromatic heterocycles. The lowest BCUT2D eigenvalue weighted by Gasteiger charge is -2.16. The van der Waals surface area contributed by atoms with E-state index in [1.807, 2.05) is 62.4 Å². The molecule has 1 N–H and O–H groups in total. The van der Waals surface area contributed by atoms with Gasteiger partial charge in [-0.2, -0.15) is 4.98 Å². The molecule has 0 spiro atoms. The first-order chi connectivity index (χ1) is 16.8. The van der Waals surface area contributed by atoms with E-state index in [1.165, 1.54) is 0 Å². The molecule has 0 aliphatic carbocycles. The van der Waals surface area contributed by atoms with Crippen molar-refractivity contribution in [2.24, 2.45) is 0 Å². The minimum absolute atomic E-state index is 0.0174. The standard InChI is InChI=1S/C28H31N3O4/c1-7-18(3)24(8-2)25-12-11-21(14-23(25)17-34-6)28-29-27(30-35-28)20-9-10-22(19(4)13-20)15-31(5)16-26(32)33/h7-14H,1-2,15-17H2,3-6H3,(H,32,33)/b24-18+. The molecule has 0 aliphatic rings. The van der Waals surface area contributed by atoms with Gasteiger partial charge in [-0.3, -0.25) is 9.69 Å². The molecule has 7 nitrogen and oxygen atoms in total. The van der Waals surface area contributed by atoms with Crippen LogP contribution in [0.25, 0.3) is 28.4 Å².